The fraction of sp³-hybridized carbons (Fsp3) is 0.192. The first-order chi connectivity index (χ1) is 17.6. The number of benzene rings is 3. The highest BCUT2D eigenvalue weighted by Crippen LogP contribution is 2.28. The highest BCUT2D eigenvalue weighted by atomic mass is 35.5. The van der Waals surface area contributed by atoms with Crippen LogP contribution in [-0.4, -0.2) is 50.7 Å². The molecule has 1 aliphatic rings. The quantitative estimate of drug-likeness (QED) is 0.437. The molecule has 1 heterocycles. The summed E-state index contributed by atoms with van der Waals surface area (Å²) in [5.41, 5.74) is 1.39. The first-order valence-electron chi connectivity index (χ1n) is 11.3. The molecule has 1 saturated heterocycles. The maximum Gasteiger partial charge on any atom is 0.257 e. The molecule has 0 bridgehead atoms. The van der Waals surface area contributed by atoms with Gasteiger partial charge in [-0.1, -0.05) is 29.8 Å². The van der Waals surface area contributed by atoms with Gasteiger partial charge in [0.2, 0.25) is 15.9 Å². The normalized spacial score (nSPS) is 15.6. The van der Waals surface area contributed by atoms with E-state index < -0.39 is 33.8 Å². The lowest BCUT2D eigenvalue weighted by molar-refractivity contribution is -0.122. The summed E-state index contributed by atoms with van der Waals surface area (Å²) in [5.74, 6) is -0.920. The molecular weight excluding hydrogens is 518 g/mol. The number of imide groups is 1. The van der Waals surface area contributed by atoms with Crippen molar-refractivity contribution in [3.05, 3.63) is 88.9 Å². The fourth-order valence-corrected chi connectivity index (χ4v) is 4.78. The molecule has 3 aromatic rings. The molecule has 192 valence electrons. The number of amides is 3. The SMILES string of the molecule is COc1cccc(C(=O)N(CCc2ccc(S(N)(=O)=O)cc2)C2CC(=O)N(c3ccc(Cl)cc3)C2=O)c1. The van der Waals surface area contributed by atoms with Gasteiger partial charge in [0.15, 0.2) is 0 Å². The van der Waals surface area contributed by atoms with Crippen LogP contribution in [0.5, 0.6) is 5.75 Å². The third-order valence-corrected chi connectivity index (χ3v) is 7.24. The van der Waals surface area contributed by atoms with Crippen molar-refractivity contribution >= 4 is 45.0 Å². The zero-order valence-corrected chi connectivity index (χ0v) is 21.4. The number of carbonyl (C=O) groups excluding carboxylic acids is 3. The lowest BCUT2D eigenvalue weighted by Gasteiger charge is -2.28. The van der Waals surface area contributed by atoms with Crippen LogP contribution in [0.25, 0.3) is 0 Å². The number of sulfonamides is 1. The van der Waals surface area contributed by atoms with E-state index in [0.29, 0.717) is 28.4 Å². The average Bonchev–Trinajstić information content (AvgIpc) is 3.17. The summed E-state index contributed by atoms with van der Waals surface area (Å²) in [6, 6.07) is 17.8. The summed E-state index contributed by atoms with van der Waals surface area (Å²) in [6.45, 7) is 0.100. The molecule has 9 nitrogen and oxygen atoms in total. The van der Waals surface area contributed by atoms with Crippen LogP contribution in [0.4, 0.5) is 5.69 Å². The molecule has 0 saturated carbocycles. The third-order valence-electron chi connectivity index (χ3n) is 6.05. The Labute approximate surface area is 219 Å². The molecule has 1 atom stereocenters. The first kappa shape index (κ1) is 26.3. The van der Waals surface area contributed by atoms with Gasteiger partial charge < -0.3 is 9.64 Å². The molecule has 1 fully saturated rings. The van der Waals surface area contributed by atoms with Crippen LogP contribution in [0.2, 0.25) is 5.02 Å². The van der Waals surface area contributed by atoms with E-state index in [1.165, 1.54) is 24.1 Å². The van der Waals surface area contributed by atoms with Crippen LogP contribution in [0, 0.1) is 0 Å². The monoisotopic (exact) mass is 541 g/mol. The number of carbonyl (C=O) groups is 3. The van der Waals surface area contributed by atoms with Gasteiger partial charge in [-0.25, -0.2) is 18.5 Å². The number of anilines is 1. The summed E-state index contributed by atoms with van der Waals surface area (Å²) < 4.78 is 28.3. The summed E-state index contributed by atoms with van der Waals surface area (Å²) in [5, 5.41) is 5.63. The minimum atomic E-state index is -3.84. The molecule has 11 heteroatoms. The van der Waals surface area contributed by atoms with E-state index in [1.54, 1.807) is 60.7 Å². The molecule has 1 aliphatic heterocycles. The topological polar surface area (TPSA) is 127 Å². The van der Waals surface area contributed by atoms with Crippen molar-refractivity contribution in [2.24, 2.45) is 5.14 Å². The van der Waals surface area contributed by atoms with Gasteiger partial charge in [0.25, 0.3) is 11.8 Å². The van der Waals surface area contributed by atoms with Crippen LogP contribution in [-0.2, 0) is 26.0 Å². The lowest BCUT2D eigenvalue weighted by atomic mass is 10.1. The molecular formula is C26H24ClN3O6S. The minimum Gasteiger partial charge on any atom is -0.497 e. The number of nitrogens with two attached hydrogens (primary N) is 1. The smallest absolute Gasteiger partial charge is 0.257 e. The molecule has 0 radical (unpaired) electrons. The van der Waals surface area contributed by atoms with Gasteiger partial charge in [-0.2, -0.15) is 0 Å². The van der Waals surface area contributed by atoms with Gasteiger partial charge in [-0.05, 0) is 66.6 Å². The minimum absolute atomic E-state index is 0.0317. The number of nitrogens with zero attached hydrogens (tertiary/aromatic N) is 2. The molecule has 1 unspecified atom stereocenters. The number of halogens is 1. The first-order valence-corrected chi connectivity index (χ1v) is 13.2. The summed E-state index contributed by atoms with van der Waals surface area (Å²) in [4.78, 5) is 42.4. The van der Waals surface area contributed by atoms with Crippen LogP contribution in [0.3, 0.4) is 0 Å². The summed E-state index contributed by atoms with van der Waals surface area (Å²) in [6.07, 6.45) is 0.126. The van der Waals surface area contributed by atoms with Gasteiger partial charge in [-0.15, -0.1) is 0 Å². The second-order valence-corrected chi connectivity index (χ2v) is 10.4. The molecule has 2 N–H and O–H groups in total. The Morgan fingerprint density at radius 3 is 2.38 bits per heavy atom. The highest BCUT2D eigenvalue weighted by Gasteiger charge is 2.44. The number of primary sulfonamides is 1. The van der Waals surface area contributed by atoms with Crippen LogP contribution in [0.1, 0.15) is 22.3 Å². The predicted molar refractivity (Wildman–Crippen MR) is 138 cm³/mol. The van der Waals surface area contributed by atoms with Crippen molar-refractivity contribution in [1.29, 1.82) is 0 Å². The van der Waals surface area contributed by atoms with E-state index in [4.69, 9.17) is 21.5 Å². The number of rotatable bonds is 8. The molecule has 0 spiro atoms. The lowest BCUT2D eigenvalue weighted by Crippen LogP contribution is -2.46. The van der Waals surface area contributed by atoms with Gasteiger partial charge in [0.1, 0.15) is 11.8 Å². The van der Waals surface area contributed by atoms with Crippen molar-refractivity contribution in [1.82, 2.24) is 4.90 Å². The molecule has 3 amide bonds. The van der Waals surface area contributed by atoms with Crippen LogP contribution < -0.4 is 14.8 Å². The van der Waals surface area contributed by atoms with Crippen molar-refractivity contribution in [3.8, 4) is 5.75 Å². The number of methoxy groups -OCH3 is 1. The second-order valence-electron chi connectivity index (χ2n) is 8.43. The van der Waals surface area contributed by atoms with Gasteiger partial charge >= 0.3 is 0 Å². The molecule has 4 rings (SSSR count). The zero-order valence-electron chi connectivity index (χ0n) is 19.8. The Kier molecular flexibility index (Phi) is 7.63. The van der Waals surface area contributed by atoms with E-state index in [2.05, 4.69) is 0 Å². The van der Waals surface area contributed by atoms with Crippen molar-refractivity contribution in [2.75, 3.05) is 18.6 Å². The van der Waals surface area contributed by atoms with Gasteiger partial charge in [0.05, 0.1) is 24.1 Å². The number of hydrogen-bond acceptors (Lipinski definition) is 6. The van der Waals surface area contributed by atoms with E-state index in [1.807, 2.05) is 0 Å². The third kappa shape index (κ3) is 5.82. The maximum absolute atomic E-state index is 13.6. The van der Waals surface area contributed by atoms with Crippen molar-refractivity contribution < 1.29 is 27.5 Å². The Morgan fingerprint density at radius 2 is 1.76 bits per heavy atom. The van der Waals surface area contributed by atoms with Crippen molar-refractivity contribution in [2.45, 2.75) is 23.8 Å². The van der Waals surface area contributed by atoms with E-state index >= 15 is 0 Å². The predicted octanol–water partition coefficient (Wildman–Crippen LogP) is 3.01. The van der Waals surface area contributed by atoms with E-state index in [-0.39, 0.29) is 17.9 Å². The average molecular weight is 542 g/mol. The maximum atomic E-state index is 13.6. The molecule has 0 aromatic heterocycles. The largest absolute Gasteiger partial charge is 0.497 e. The molecule has 3 aromatic carbocycles. The fourth-order valence-electron chi connectivity index (χ4n) is 4.14. The number of hydrogen-bond donors (Lipinski definition) is 1. The second kappa shape index (κ2) is 10.7. The number of ether oxygens (including phenoxy) is 1. The van der Waals surface area contributed by atoms with Crippen LogP contribution >= 0.6 is 11.6 Å². The van der Waals surface area contributed by atoms with E-state index in [9.17, 15) is 22.8 Å². The van der Waals surface area contributed by atoms with Gasteiger partial charge in [0, 0.05) is 17.1 Å². The standard InChI is InChI=1S/C26H24ClN3O6S/c1-36-21-4-2-3-18(15-21)25(32)29(14-13-17-5-11-22(12-6-17)37(28,34)35)23-16-24(31)30(26(23)33)20-9-7-19(27)8-10-20/h2-12,15,23H,13-14,16H2,1H3,(H2,28,34,35). The highest BCUT2D eigenvalue weighted by molar-refractivity contribution is 7.89. The van der Waals surface area contributed by atoms with Gasteiger partial charge in [-0.3, -0.25) is 14.4 Å². The Hall–Kier alpha value is -3.73. The summed E-state index contributed by atoms with van der Waals surface area (Å²) in [7, 11) is -2.36. The Balaban J connectivity index is 1.63. The van der Waals surface area contributed by atoms with Crippen LogP contribution in [0.15, 0.2) is 77.7 Å². The zero-order chi connectivity index (χ0) is 26.7. The molecule has 37 heavy (non-hydrogen) atoms. The Bertz CT molecular complexity index is 1440. The molecule has 0 aliphatic carbocycles. The van der Waals surface area contributed by atoms with E-state index in [0.717, 1.165) is 10.5 Å². The Morgan fingerprint density at radius 1 is 1.08 bits per heavy atom. The summed E-state index contributed by atoms with van der Waals surface area (Å²) >= 11 is 5.95. The van der Waals surface area contributed by atoms with Crippen molar-refractivity contribution in [3.63, 3.8) is 0 Å².